The molecule has 0 aromatic heterocycles. The molecule has 0 atom stereocenters. The largest absolute Gasteiger partial charge is 0.506 e. The molecule has 23 heavy (non-hydrogen) atoms. The number of halogens is 2. The first-order valence-corrected chi connectivity index (χ1v) is 7.93. The van der Waals surface area contributed by atoms with E-state index in [1.807, 2.05) is 31.2 Å². The van der Waals surface area contributed by atoms with E-state index in [9.17, 15) is 9.90 Å². The minimum absolute atomic E-state index is 0.00480. The number of carbonyl (C=O) groups is 1. The molecular weight excluding hydrogens is 382 g/mol. The Hall–Kier alpha value is -2.05. The Kier molecular flexibility index (Phi) is 6.01. The average molecular weight is 397 g/mol. The van der Waals surface area contributed by atoms with E-state index in [4.69, 9.17) is 11.6 Å². The number of phenolic OH excluding ortho intramolecular Hbond substituents is 1. The smallest absolute Gasteiger partial charge is 0.259 e. The number of phenols is 1. The lowest BCUT2D eigenvalue weighted by atomic mass is 10.2. The van der Waals surface area contributed by atoms with E-state index < -0.39 is 0 Å². The Morgan fingerprint density at radius 2 is 2.04 bits per heavy atom. The highest BCUT2D eigenvalue weighted by Crippen LogP contribution is 2.30. The Morgan fingerprint density at radius 1 is 1.35 bits per heavy atom. The van der Waals surface area contributed by atoms with Crippen LogP contribution in [-0.4, -0.2) is 23.8 Å². The number of hydrazone groups is 1. The Morgan fingerprint density at radius 3 is 2.74 bits per heavy atom. The van der Waals surface area contributed by atoms with Gasteiger partial charge in [-0.3, -0.25) is 4.79 Å². The van der Waals surface area contributed by atoms with Gasteiger partial charge in [0, 0.05) is 16.3 Å². The van der Waals surface area contributed by atoms with Gasteiger partial charge in [-0.05, 0) is 47.1 Å². The zero-order valence-corrected chi connectivity index (χ0v) is 14.6. The molecule has 2 aromatic carbocycles. The Balaban J connectivity index is 1.88. The van der Waals surface area contributed by atoms with Crippen LogP contribution in [0.3, 0.4) is 0 Å². The fourth-order valence-electron chi connectivity index (χ4n) is 1.75. The van der Waals surface area contributed by atoms with Gasteiger partial charge in [-0.2, -0.15) is 5.10 Å². The third-order valence-electron chi connectivity index (χ3n) is 2.96. The summed E-state index contributed by atoms with van der Waals surface area (Å²) >= 11 is 9.07. The molecule has 0 unspecified atom stereocenters. The van der Waals surface area contributed by atoms with Gasteiger partial charge in [0.2, 0.25) is 0 Å². The van der Waals surface area contributed by atoms with Crippen LogP contribution in [0.2, 0.25) is 5.02 Å². The Labute approximate surface area is 147 Å². The second-order valence-electron chi connectivity index (χ2n) is 4.84. The molecule has 0 saturated carbocycles. The SMILES string of the molecule is Cc1ccc(NCC(=O)N/N=C/c2cc(Cl)cc(Br)c2O)cc1. The highest BCUT2D eigenvalue weighted by Gasteiger charge is 2.06. The molecule has 0 aliphatic rings. The van der Waals surface area contributed by atoms with Gasteiger partial charge in [-0.1, -0.05) is 29.3 Å². The summed E-state index contributed by atoms with van der Waals surface area (Å²) in [6.07, 6.45) is 1.33. The third-order valence-corrected chi connectivity index (χ3v) is 3.78. The van der Waals surface area contributed by atoms with Gasteiger partial charge in [0.05, 0.1) is 17.2 Å². The molecule has 2 rings (SSSR count). The van der Waals surface area contributed by atoms with E-state index in [2.05, 4.69) is 31.8 Å². The number of aryl methyl sites for hydroxylation is 1. The molecule has 3 N–H and O–H groups in total. The number of carbonyl (C=O) groups excluding carboxylic acids is 1. The van der Waals surface area contributed by atoms with Crippen LogP contribution in [0.5, 0.6) is 5.75 Å². The Bertz CT molecular complexity index is 733. The number of aromatic hydroxyl groups is 1. The van der Waals surface area contributed by atoms with Gasteiger partial charge in [0.15, 0.2) is 0 Å². The molecular formula is C16H15BrClN3O2. The standard InChI is InChI=1S/C16H15BrClN3O2/c1-10-2-4-13(5-3-10)19-9-15(22)21-20-8-11-6-12(18)7-14(17)16(11)23/h2-8,19,23H,9H2,1H3,(H,21,22)/b20-8+. The summed E-state index contributed by atoms with van der Waals surface area (Å²) < 4.78 is 0.457. The zero-order chi connectivity index (χ0) is 16.8. The summed E-state index contributed by atoms with van der Waals surface area (Å²) in [7, 11) is 0. The molecule has 0 spiro atoms. The van der Waals surface area contributed by atoms with Gasteiger partial charge in [0.1, 0.15) is 5.75 Å². The fourth-order valence-corrected chi connectivity index (χ4v) is 2.59. The van der Waals surface area contributed by atoms with E-state index in [-0.39, 0.29) is 18.2 Å². The molecule has 7 heteroatoms. The van der Waals surface area contributed by atoms with Gasteiger partial charge in [0.25, 0.3) is 5.91 Å². The maximum Gasteiger partial charge on any atom is 0.259 e. The first-order chi connectivity index (χ1) is 11.0. The van der Waals surface area contributed by atoms with Crippen LogP contribution in [0.25, 0.3) is 0 Å². The van der Waals surface area contributed by atoms with Gasteiger partial charge in [-0.15, -0.1) is 0 Å². The summed E-state index contributed by atoms with van der Waals surface area (Å²) in [4.78, 5) is 11.7. The number of rotatable bonds is 5. The number of hydrogen-bond donors (Lipinski definition) is 3. The number of hydrogen-bond acceptors (Lipinski definition) is 4. The van der Waals surface area contributed by atoms with E-state index in [1.54, 1.807) is 12.1 Å². The maximum absolute atomic E-state index is 11.7. The second-order valence-corrected chi connectivity index (χ2v) is 6.13. The number of anilines is 1. The number of nitrogens with zero attached hydrogens (tertiary/aromatic N) is 1. The van der Waals surface area contributed by atoms with Gasteiger partial charge < -0.3 is 10.4 Å². The molecule has 2 aromatic rings. The summed E-state index contributed by atoms with van der Waals surface area (Å²) in [5.74, 6) is -0.299. The van der Waals surface area contributed by atoms with Crippen molar-refractivity contribution in [2.24, 2.45) is 5.10 Å². The number of benzene rings is 2. The fraction of sp³-hybridized carbons (Fsp3) is 0.125. The maximum atomic E-state index is 11.7. The van der Waals surface area contributed by atoms with E-state index >= 15 is 0 Å². The monoisotopic (exact) mass is 395 g/mol. The molecule has 0 radical (unpaired) electrons. The summed E-state index contributed by atoms with van der Waals surface area (Å²) in [5.41, 5.74) is 4.78. The quantitative estimate of drug-likeness (QED) is 0.533. The normalized spacial score (nSPS) is 10.7. The van der Waals surface area contributed by atoms with Crippen molar-refractivity contribution in [2.45, 2.75) is 6.92 Å². The third kappa shape index (κ3) is 5.26. The van der Waals surface area contributed by atoms with Gasteiger partial charge in [-0.25, -0.2) is 5.43 Å². The topological polar surface area (TPSA) is 73.7 Å². The number of nitrogens with one attached hydrogen (secondary N) is 2. The molecule has 0 bridgehead atoms. The lowest BCUT2D eigenvalue weighted by Gasteiger charge is -2.06. The van der Waals surface area contributed by atoms with Crippen LogP contribution < -0.4 is 10.7 Å². The molecule has 0 saturated heterocycles. The van der Waals surface area contributed by atoms with E-state index in [0.717, 1.165) is 11.3 Å². The molecule has 0 heterocycles. The van der Waals surface area contributed by atoms with E-state index in [1.165, 1.54) is 6.21 Å². The molecule has 0 aliphatic carbocycles. The van der Waals surface area contributed by atoms with Crippen LogP contribution in [-0.2, 0) is 4.79 Å². The van der Waals surface area contributed by atoms with Crippen LogP contribution in [0.1, 0.15) is 11.1 Å². The van der Waals surface area contributed by atoms with Crippen LogP contribution >= 0.6 is 27.5 Å². The van der Waals surface area contributed by atoms with E-state index in [0.29, 0.717) is 15.1 Å². The first-order valence-electron chi connectivity index (χ1n) is 6.76. The number of amides is 1. The molecule has 5 nitrogen and oxygen atoms in total. The summed E-state index contributed by atoms with van der Waals surface area (Å²) in [6.45, 7) is 2.08. The highest BCUT2D eigenvalue weighted by molar-refractivity contribution is 9.10. The van der Waals surface area contributed by atoms with Crippen molar-refractivity contribution in [2.75, 3.05) is 11.9 Å². The molecule has 0 fully saturated rings. The predicted molar refractivity (Wildman–Crippen MR) is 96.2 cm³/mol. The van der Waals surface area contributed by atoms with Gasteiger partial charge >= 0.3 is 0 Å². The lowest BCUT2D eigenvalue weighted by molar-refractivity contribution is -0.119. The minimum atomic E-state index is -0.303. The average Bonchev–Trinajstić information content (AvgIpc) is 2.51. The first kappa shape index (κ1) is 17.3. The van der Waals surface area contributed by atoms with Crippen molar-refractivity contribution >= 4 is 45.3 Å². The predicted octanol–water partition coefficient (Wildman–Crippen LogP) is 3.68. The van der Waals surface area contributed by atoms with Crippen molar-refractivity contribution < 1.29 is 9.90 Å². The van der Waals surface area contributed by atoms with Crippen molar-refractivity contribution in [1.29, 1.82) is 0 Å². The van der Waals surface area contributed by atoms with Crippen LogP contribution in [0, 0.1) is 6.92 Å². The van der Waals surface area contributed by atoms with Crippen molar-refractivity contribution in [3.05, 3.63) is 57.0 Å². The zero-order valence-electron chi connectivity index (χ0n) is 12.3. The van der Waals surface area contributed by atoms with Crippen LogP contribution in [0.15, 0.2) is 46.0 Å². The summed E-state index contributed by atoms with van der Waals surface area (Å²) in [6, 6.07) is 10.8. The van der Waals surface area contributed by atoms with Crippen LogP contribution in [0.4, 0.5) is 5.69 Å². The molecule has 1 amide bonds. The summed E-state index contributed by atoms with van der Waals surface area (Å²) in [5, 5.41) is 17.1. The minimum Gasteiger partial charge on any atom is -0.506 e. The lowest BCUT2D eigenvalue weighted by Crippen LogP contribution is -2.25. The highest BCUT2D eigenvalue weighted by atomic mass is 79.9. The van der Waals surface area contributed by atoms with Crippen molar-refractivity contribution in [3.8, 4) is 5.75 Å². The van der Waals surface area contributed by atoms with Crippen molar-refractivity contribution in [1.82, 2.24) is 5.43 Å². The second kappa shape index (κ2) is 7.99. The molecule has 120 valence electrons. The van der Waals surface area contributed by atoms with Crippen molar-refractivity contribution in [3.63, 3.8) is 0 Å². The molecule has 0 aliphatic heterocycles.